The van der Waals surface area contributed by atoms with E-state index in [0.29, 0.717) is 0 Å². The van der Waals surface area contributed by atoms with E-state index in [1.165, 1.54) is 121 Å². The molecule has 16 rings (SSSR count). The molecule has 0 aliphatic heterocycles. The highest BCUT2D eigenvalue weighted by Crippen LogP contribution is 2.64. The SMILES string of the molecule is c1cc(-c2ccc3c(-c4ccc5ccccc5c4)c4ccccc4c(-c4ccc5ccccc5c4)c3c2)cc(-c2nc3ccccc3c3ccc4c(c23)-c2ccccc2C42c3ccccc3-c3ccccc32)c1. The summed E-state index contributed by atoms with van der Waals surface area (Å²) in [5, 5.41) is 13.5. The Morgan fingerprint density at radius 3 is 1.40 bits per heavy atom. The van der Waals surface area contributed by atoms with E-state index < -0.39 is 5.41 Å². The van der Waals surface area contributed by atoms with Crippen molar-refractivity contribution in [1.82, 2.24) is 4.98 Å². The lowest BCUT2D eigenvalue weighted by atomic mass is 9.70. The van der Waals surface area contributed by atoms with Crippen molar-refractivity contribution in [1.29, 1.82) is 0 Å². The minimum atomic E-state index is -0.457. The summed E-state index contributed by atoms with van der Waals surface area (Å²) in [7, 11) is 0. The molecular formula is C72H43N. The Morgan fingerprint density at radius 2 is 0.726 bits per heavy atom. The van der Waals surface area contributed by atoms with Crippen LogP contribution in [0.15, 0.2) is 261 Å². The van der Waals surface area contributed by atoms with Crippen LogP contribution in [0.4, 0.5) is 0 Å². The molecule has 0 amide bonds. The quantitative estimate of drug-likeness (QED) is 0.127. The Labute approximate surface area is 422 Å². The van der Waals surface area contributed by atoms with Crippen molar-refractivity contribution in [2.45, 2.75) is 5.41 Å². The number of rotatable bonds is 4. The first-order valence-electron chi connectivity index (χ1n) is 25.4. The molecule has 336 valence electrons. The van der Waals surface area contributed by atoms with Crippen LogP contribution in [0.2, 0.25) is 0 Å². The first-order valence-corrected chi connectivity index (χ1v) is 25.4. The molecule has 0 fully saturated rings. The first kappa shape index (κ1) is 40.3. The number of nitrogens with zero attached hydrogens (tertiary/aromatic N) is 1. The van der Waals surface area contributed by atoms with Gasteiger partial charge >= 0.3 is 0 Å². The van der Waals surface area contributed by atoms with E-state index in [0.717, 1.165) is 33.3 Å². The zero-order chi connectivity index (χ0) is 47.8. The van der Waals surface area contributed by atoms with Gasteiger partial charge in [-0.1, -0.05) is 231 Å². The molecule has 2 aliphatic rings. The van der Waals surface area contributed by atoms with Gasteiger partial charge < -0.3 is 0 Å². The average Bonchev–Trinajstić information content (AvgIpc) is 4.03. The van der Waals surface area contributed by atoms with Gasteiger partial charge in [0.25, 0.3) is 0 Å². The fraction of sp³-hybridized carbons (Fsp3) is 0.0139. The summed E-state index contributed by atoms with van der Waals surface area (Å²) in [4.78, 5) is 5.69. The predicted octanol–water partition coefficient (Wildman–Crippen LogP) is 19.0. The van der Waals surface area contributed by atoms with Gasteiger partial charge in [-0.05, 0) is 157 Å². The van der Waals surface area contributed by atoms with Gasteiger partial charge in [-0.25, -0.2) is 4.98 Å². The van der Waals surface area contributed by atoms with Gasteiger partial charge in [-0.3, -0.25) is 0 Å². The zero-order valence-corrected chi connectivity index (χ0v) is 39.8. The molecule has 0 atom stereocenters. The summed E-state index contributed by atoms with van der Waals surface area (Å²) in [6.07, 6.45) is 0. The molecule has 0 radical (unpaired) electrons. The van der Waals surface area contributed by atoms with Gasteiger partial charge in [0.15, 0.2) is 0 Å². The summed E-state index contributed by atoms with van der Waals surface area (Å²) in [6.45, 7) is 0. The molecule has 1 spiro atoms. The van der Waals surface area contributed by atoms with Gasteiger partial charge in [-0.2, -0.15) is 0 Å². The van der Waals surface area contributed by atoms with Crippen LogP contribution in [-0.4, -0.2) is 4.98 Å². The maximum atomic E-state index is 5.69. The molecular weight excluding hydrogens is 879 g/mol. The fourth-order valence-electron chi connectivity index (χ4n) is 13.4. The summed E-state index contributed by atoms with van der Waals surface area (Å²) < 4.78 is 0. The molecule has 2 aliphatic carbocycles. The molecule has 1 heteroatoms. The van der Waals surface area contributed by atoms with E-state index in [1.807, 2.05) is 0 Å². The number of fused-ring (bicyclic) bond motifs is 18. The molecule has 0 saturated heterocycles. The lowest BCUT2D eigenvalue weighted by Gasteiger charge is -2.30. The number of hydrogen-bond donors (Lipinski definition) is 0. The highest BCUT2D eigenvalue weighted by Gasteiger charge is 2.52. The number of para-hydroxylation sites is 1. The lowest BCUT2D eigenvalue weighted by molar-refractivity contribution is 0.794. The lowest BCUT2D eigenvalue weighted by Crippen LogP contribution is -2.25. The number of benzene rings is 13. The standard InChI is InChI=1S/C72H43N/c1-3-18-46-40-50(34-32-44(46)16-1)67-56-25-5-6-26-57(56)68(51-35-33-45-17-2-4-19-47(45)41-51)61-43-49(36-37-59(61)67)48-20-15-21-52(42-48)71-70-58(55-24-10-14-31-66(55)73-71)38-39-65-69(70)60-27-9-13-30-64(60)72(65)62-28-11-7-22-53(62)54-23-8-12-29-63(54)72/h1-43H. The minimum absolute atomic E-state index is 0.457. The van der Waals surface area contributed by atoms with Crippen molar-refractivity contribution < 1.29 is 0 Å². The summed E-state index contributed by atoms with van der Waals surface area (Å²) in [5.41, 5.74) is 20.4. The van der Waals surface area contributed by atoms with E-state index in [1.54, 1.807) is 0 Å². The summed E-state index contributed by atoms with van der Waals surface area (Å²) in [5.74, 6) is 0. The van der Waals surface area contributed by atoms with Crippen molar-refractivity contribution in [2.24, 2.45) is 0 Å². The van der Waals surface area contributed by atoms with E-state index in [9.17, 15) is 0 Å². The fourth-order valence-corrected chi connectivity index (χ4v) is 13.4. The van der Waals surface area contributed by atoms with Crippen molar-refractivity contribution in [3.8, 4) is 66.9 Å². The average molecular weight is 922 g/mol. The molecule has 0 N–H and O–H groups in total. The molecule has 1 nitrogen and oxygen atoms in total. The third kappa shape index (κ3) is 5.65. The first-order chi connectivity index (χ1) is 36.2. The highest BCUT2D eigenvalue weighted by molar-refractivity contribution is 6.23. The smallest absolute Gasteiger partial charge is 0.0794 e. The second-order valence-corrected chi connectivity index (χ2v) is 20.0. The second kappa shape index (κ2) is 15.3. The summed E-state index contributed by atoms with van der Waals surface area (Å²) >= 11 is 0. The van der Waals surface area contributed by atoms with Crippen molar-refractivity contribution in [2.75, 3.05) is 0 Å². The molecule has 0 unspecified atom stereocenters. The molecule has 1 heterocycles. The van der Waals surface area contributed by atoms with Crippen LogP contribution in [0.3, 0.4) is 0 Å². The molecule has 14 aromatic rings. The van der Waals surface area contributed by atoms with Crippen LogP contribution >= 0.6 is 0 Å². The van der Waals surface area contributed by atoms with Crippen LogP contribution in [0.1, 0.15) is 22.3 Å². The van der Waals surface area contributed by atoms with E-state index in [4.69, 9.17) is 4.98 Å². The summed E-state index contributed by atoms with van der Waals surface area (Å²) in [6, 6.07) is 97.4. The molecule has 0 bridgehead atoms. The van der Waals surface area contributed by atoms with Crippen LogP contribution in [0.25, 0.3) is 132 Å². The largest absolute Gasteiger partial charge is 0.247 e. The Hall–Kier alpha value is -9.43. The predicted molar refractivity (Wildman–Crippen MR) is 307 cm³/mol. The van der Waals surface area contributed by atoms with Crippen LogP contribution in [-0.2, 0) is 5.41 Å². The van der Waals surface area contributed by atoms with Crippen LogP contribution < -0.4 is 0 Å². The Balaban J connectivity index is 0.955. The normalized spacial score (nSPS) is 13.0. The van der Waals surface area contributed by atoms with E-state index in [2.05, 4.69) is 261 Å². The molecule has 1 aromatic heterocycles. The monoisotopic (exact) mass is 921 g/mol. The van der Waals surface area contributed by atoms with Crippen LogP contribution in [0, 0.1) is 0 Å². The van der Waals surface area contributed by atoms with Gasteiger partial charge in [0.05, 0.1) is 16.6 Å². The number of hydrogen-bond acceptors (Lipinski definition) is 1. The van der Waals surface area contributed by atoms with Gasteiger partial charge in [0.2, 0.25) is 0 Å². The number of aromatic nitrogens is 1. The molecule has 73 heavy (non-hydrogen) atoms. The topological polar surface area (TPSA) is 12.9 Å². The van der Waals surface area contributed by atoms with Gasteiger partial charge in [0, 0.05) is 16.3 Å². The second-order valence-electron chi connectivity index (χ2n) is 20.0. The zero-order valence-electron chi connectivity index (χ0n) is 39.8. The van der Waals surface area contributed by atoms with Gasteiger partial charge in [-0.15, -0.1) is 0 Å². The van der Waals surface area contributed by atoms with Gasteiger partial charge in [0.1, 0.15) is 0 Å². The third-order valence-corrected chi connectivity index (χ3v) is 16.4. The highest BCUT2D eigenvalue weighted by atomic mass is 14.7. The van der Waals surface area contributed by atoms with E-state index >= 15 is 0 Å². The maximum Gasteiger partial charge on any atom is 0.0794 e. The third-order valence-electron chi connectivity index (χ3n) is 16.4. The van der Waals surface area contributed by atoms with Crippen molar-refractivity contribution in [3.05, 3.63) is 283 Å². The van der Waals surface area contributed by atoms with E-state index in [-0.39, 0.29) is 0 Å². The van der Waals surface area contributed by atoms with Crippen LogP contribution in [0.5, 0.6) is 0 Å². The number of pyridine rings is 1. The Bertz CT molecular complexity index is 4640. The Kier molecular flexibility index (Phi) is 8.44. The molecule has 0 saturated carbocycles. The van der Waals surface area contributed by atoms with Crippen molar-refractivity contribution >= 4 is 64.8 Å². The maximum absolute atomic E-state index is 5.69. The van der Waals surface area contributed by atoms with Crippen molar-refractivity contribution in [3.63, 3.8) is 0 Å². The minimum Gasteiger partial charge on any atom is -0.247 e. The molecule has 13 aromatic carbocycles. The Morgan fingerprint density at radius 1 is 0.247 bits per heavy atom.